The highest BCUT2D eigenvalue weighted by Crippen LogP contribution is 2.37. The first-order valence-corrected chi connectivity index (χ1v) is 10.4. The van der Waals surface area contributed by atoms with E-state index in [4.69, 9.17) is 4.74 Å². The number of alkyl halides is 3. The molecule has 0 aliphatic carbocycles. The molecule has 0 atom stereocenters. The number of esters is 1. The largest absolute Gasteiger partial charge is 0.462 e. The second kappa shape index (κ2) is 9.80. The number of carbonyl (C=O) groups excluding carboxylic acids is 2. The minimum absolute atomic E-state index is 0.0690. The van der Waals surface area contributed by atoms with E-state index in [1.807, 2.05) is 0 Å². The highest BCUT2D eigenvalue weighted by atomic mass is 19.4. The van der Waals surface area contributed by atoms with E-state index in [0.29, 0.717) is 0 Å². The first-order chi connectivity index (χ1) is 15.5. The standard InChI is InChI=1S/C22H22F5N3O3/c1-3-33-21(32)18-19(28-12(2)29-20(18)22(25,26)27)13-7-9-30(10-8-13)17(31)11-14-15(23)5-4-6-16(14)24/h4-6,13H,3,7-11H2,1-2H3. The van der Waals surface area contributed by atoms with Gasteiger partial charge in [0.1, 0.15) is 23.0 Å². The highest BCUT2D eigenvalue weighted by molar-refractivity contribution is 5.92. The molecule has 1 amide bonds. The van der Waals surface area contributed by atoms with E-state index in [2.05, 4.69) is 9.97 Å². The van der Waals surface area contributed by atoms with Crippen LogP contribution < -0.4 is 0 Å². The zero-order valence-electron chi connectivity index (χ0n) is 18.0. The van der Waals surface area contributed by atoms with Crippen LogP contribution in [0.15, 0.2) is 18.2 Å². The van der Waals surface area contributed by atoms with Crippen molar-refractivity contribution in [2.24, 2.45) is 0 Å². The SMILES string of the molecule is CCOC(=O)c1c(C2CCN(C(=O)Cc3c(F)cccc3F)CC2)nc(C)nc1C(F)(F)F. The number of nitrogens with zero attached hydrogens (tertiary/aromatic N) is 3. The summed E-state index contributed by atoms with van der Waals surface area (Å²) in [6, 6.07) is 3.32. The zero-order valence-corrected chi connectivity index (χ0v) is 18.0. The third-order valence-corrected chi connectivity index (χ3v) is 5.42. The van der Waals surface area contributed by atoms with Gasteiger partial charge in [-0.1, -0.05) is 6.07 Å². The predicted molar refractivity (Wildman–Crippen MR) is 106 cm³/mol. The summed E-state index contributed by atoms with van der Waals surface area (Å²) in [5.41, 5.74) is -2.47. The molecule has 2 aromatic rings. The summed E-state index contributed by atoms with van der Waals surface area (Å²) >= 11 is 0. The lowest BCUT2D eigenvalue weighted by Crippen LogP contribution is -2.39. The molecule has 11 heteroatoms. The van der Waals surface area contributed by atoms with Crippen LogP contribution in [-0.2, 0) is 22.1 Å². The van der Waals surface area contributed by atoms with Gasteiger partial charge in [-0.3, -0.25) is 4.79 Å². The maximum atomic E-state index is 13.9. The summed E-state index contributed by atoms with van der Waals surface area (Å²) < 4.78 is 73.4. The number of piperidine rings is 1. The molecule has 1 saturated heterocycles. The van der Waals surface area contributed by atoms with E-state index in [0.717, 1.165) is 12.1 Å². The maximum Gasteiger partial charge on any atom is 0.434 e. The van der Waals surface area contributed by atoms with Gasteiger partial charge < -0.3 is 9.64 Å². The minimum Gasteiger partial charge on any atom is -0.462 e. The van der Waals surface area contributed by atoms with Crippen LogP contribution in [0.3, 0.4) is 0 Å². The van der Waals surface area contributed by atoms with Gasteiger partial charge in [0.25, 0.3) is 0 Å². The van der Waals surface area contributed by atoms with Crippen molar-refractivity contribution >= 4 is 11.9 Å². The van der Waals surface area contributed by atoms with Crippen molar-refractivity contribution in [1.29, 1.82) is 0 Å². The highest BCUT2D eigenvalue weighted by Gasteiger charge is 2.41. The van der Waals surface area contributed by atoms with Crippen molar-refractivity contribution in [2.45, 2.75) is 45.2 Å². The molecule has 1 fully saturated rings. The molecule has 1 aliphatic heterocycles. The number of ether oxygens (including phenoxy) is 1. The summed E-state index contributed by atoms with van der Waals surface area (Å²) in [4.78, 5) is 33.9. The number of hydrogen-bond acceptors (Lipinski definition) is 5. The number of amides is 1. The van der Waals surface area contributed by atoms with Crippen molar-refractivity contribution in [3.8, 4) is 0 Å². The molecule has 3 rings (SSSR count). The molecule has 1 aromatic heterocycles. The van der Waals surface area contributed by atoms with Crippen molar-refractivity contribution in [1.82, 2.24) is 14.9 Å². The average Bonchev–Trinajstić information content (AvgIpc) is 2.75. The summed E-state index contributed by atoms with van der Waals surface area (Å²) in [5, 5.41) is 0. The third kappa shape index (κ3) is 5.45. The van der Waals surface area contributed by atoms with Gasteiger partial charge in [0.2, 0.25) is 5.91 Å². The fraction of sp³-hybridized carbons (Fsp3) is 0.455. The Bertz CT molecular complexity index is 1030. The average molecular weight is 471 g/mol. The molecule has 0 radical (unpaired) electrons. The van der Waals surface area contributed by atoms with E-state index in [1.165, 1.54) is 24.8 Å². The van der Waals surface area contributed by atoms with E-state index in [9.17, 15) is 31.5 Å². The van der Waals surface area contributed by atoms with Gasteiger partial charge in [-0.05, 0) is 38.8 Å². The van der Waals surface area contributed by atoms with E-state index in [1.54, 1.807) is 0 Å². The number of hydrogen-bond donors (Lipinski definition) is 0. The third-order valence-electron chi connectivity index (χ3n) is 5.42. The van der Waals surface area contributed by atoms with Crippen LogP contribution >= 0.6 is 0 Å². The fourth-order valence-corrected chi connectivity index (χ4v) is 3.87. The summed E-state index contributed by atoms with van der Waals surface area (Å²) in [7, 11) is 0. The molecule has 0 saturated carbocycles. The smallest absolute Gasteiger partial charge is 0.434 e. The Morgan fingerprint density at radius 3 is 2.27 bits per heavy atom. The van der Waals surface area contributed by atoms with Crippen molar-refractivity contribution in [3.63, 3.8) is 0 Å². The molecule has 0 N–H and O–H groups in total. The Morgan fingerprint density at radius 2 is 1.73 bits per heavy atom. The second-order valence-electron chi connectivity index (χ2n) is 7.63. The molecule has 1 aliphatic rings. The first kappa shape index (κ1) is 24.5. The number of rotatable bonds is 5. The van der Waals surface area contributed by atoms with Crippen molar-refractivity contribution in [2.75, 3.05) is 19.7 Å². The van der Waals surface area contributed by atoms with Gasteiger partial charge in [0, 0.05) is 24.6 Å². The number of likely N-dealkylation sites (tertiary alicyclic amines) is 1. The molecular weight excluding hydrogens is 449 g/mol. The van der Waals surface area contributed by atoms with Crippen LogP contribution in [0.5, 0.6) is 0 Å². The minimum atomic E-state index is -4.88. The van der Waals surface area contributed by atoms with Crippen LogP contribution in [0.25, 0.3) is 0 Å². The van der Waals surface area contributed by atoms with Crippen LogP contribution in [0.2, 0.25) is 0 Å². The molecule has 6 nitrogen and oxygen atoms in total. The Balaban J connectivity index is 1.82. The molecule has 2 heterocycles. The lowest BCUT2D eigenvalue weighted by Gasteiger charge is -2.32. The van der Waals surface area contributed by atoms with Gasteiger partial charge in [0.15, 0.2) is 5.69 Å². The number of aryl methyl sites for hydroxylation is 1. The predicted octanol–water partition coefficient (Wildman–Crippen LogP) is 4.21. The molecule has 0 unspecified atom stereocenters. The Kier molecular flexibility index (Phi) is 7.28. The molecule has 0 spiro atoms. The molecule has 1 aromatic carbocycles. The van der Waals surface area contributed by atoms with Crippen LogP contribution in [0, 0.1) is 18.6 Å². The zero-order chi connectivity index (χ0) is 24.3. The quantitative estimate of drug-likeness (QED) is 0.483. The van der Waals surface area contributed by atoms with Gasteiger partial charge >= 0.3 is 12.1 Å². The molecular formula is C22H22F5N3O3. The summed E-state index contributed by atoms with van der Waals surface area (Å²) in [5.74, 6) is -4.01. The van der Waals surface area contributed by atoms with Crippen molar-refractivity contribution in [3.05, 3.63) is 58.2 Å². The Labute approximate surface area is 186 Å². The number of carbonyl (C=O) groups is 2. The number of aromatic nitrogens is 2. The molecule has 178 valence electrons. The first-order valence-electron chi connectivity index (χ1n) is 10.4. The van der Waals surface area contributed by atoms with Gasteiger partial charge in [-0.25, -0.2) is 23.5 Å². The number of halogens is 5. The Hall–Kier alpha value is -3.11. The van der Waals surface area contributed by atoms with E-state index < -0.39 is 53.3 Å². The molecule has 33 heavy (non-hydrogen) atoms. The number of benzene rings is 1. The normalized spacial score (nSPS) is 14.9. The van der Waals surface area contributed by atoms with Crippen LogP contribution in [0.4, 0.5) is 22.0 Å². The lowest BCUT2D eigenvalue weighted by atomic mass is 9.89. The van der Waals surface area contributed by atoms with E-state index in [-0.39, 0.29) is 49.6 Å². The van der Waals surface area contributed by atoms with Gasteiger partial charge in [0.05, 0.1) is 18.7 Å². The second-order valence-corrected chi connectivity index (χ2v) is 7.63. The summed E-state index contributed by atoms with van der Waals surface area (Å²) in [6.45, 7) is 2.92. The van der Waals surface area contributed by atoms with Gasteiger partial charge in [-0.15, -0.1) is 0 Å². The maximum absolute atomic E-state index is 13.9. The summed E-state index contributed by atoms with van der Waals surface area (Å²) in [6.07, 6.45) is -4.93. The monoisotopic (exact) mass is 471 g/mol. The lowest BCUT2D eigenvalue weighted by molar-refractivity contribution is -0.142. The van der Waals surface area contributed by atoms with Crippen LogP contribution in [-0.4, -0.2) is 46.4 Å². The van der Waals surface area contributed by atoms with Crippen molar-refractivity contribution < 1.29 is 36.3 Å². The van der Waals surface area contributed by atoms with E-state index >= 15 is 0 Å². The fourth-order valence-electron chi connectivity index (χ4n) is 3.87. The van der Waals surface area contributed by atoms with Gasteiger partial charge in [-0.2, -0.15) is 13.2 Å². The topological polar surface area (TPSA) is 72.4 Å². The van der Waals surface area contributed by atoms with Crippen LogP contribution in [0.1, 0.15) is 58.8 Å². The Morgan fingerprint density at radius 1 is 1.12 bits per heavy atom. The molecule has 0 bridgehead atoms.